The summed E-state index contributed by atoms with van der Waals surface area (Å²) in [6.07, 6.45) is 0.713. The number of nitrogens with two attached hydrogens (primary N) is 1. The summed E-state index contributed by atoms with van der Waals surface area (Å²) in [5.41, 5.74) is 0.683. The molecule has 0 bridgehead atoms. The van der Waals surface area contributed by atoms with Gasteiger partial charge in [-0.05, 0) is 6.42 Å². The van der Waals surface area contributed by atoms with Gasteiger partial charge in [0.25, 0.3) is 6.47 Å². The van der Waals surface area contributed by atoms with Gasteiger partial charge in [-0.2, -0.15) is 5.10 Å². The number of rotatable bonds is 4. The molecule has 0 heterocycles. The van der Waals surface area contributed by atoms with Crippen molar-refractivity contribution in [3.8, 4) is 0 Å². The van der Waals surface area contributed by atoms with Crippen molar-refractivity contribution in [2.75, 3.05) is 6.61 Å². The van der Waals surface area contributed by atoms with E-state index < -0.39 is 0 Å². The number of carbonyl (C=O) groups excluding carboxylic acids is 1. The first kappa shape index (κ1) is 7.94. The van der Waals surface area contributed by atoms with Crippen LogP contribution in [0.15, 0.2) is 5.10 Å². The van der Waals surface area contributed by atoms with Crippen LogP contribution >= 0.6 is 0 Å². The van der Waals surface area contributed by atoms with E-state index in [2.05, 4.69) is 9.84 Å². The number of hydrogen-bond acceptors (Lipinski definition) is 4. The zero-order valence-corrected chi connectivity index (χ0v) is 5.33. The van der Waals surface area contributed by atoms with E-state index in [1.54, 1.807) is 0 Å². The van der Waals surface area contributed by atoms with Gasteiger partial charge in [-0.15, -0.1) is 0 Å². The third-order valence-electron chi connectivity index (χ3n) is 0.909. The molecule has 0 aliphatic rings. The summed E-state index contributed by atoms with van der Waals surface area (Å²) in [6, 6.07) is 0. The molecule has 0 amide bonds. The van der Waals surface area contributed by atoms with E-state index in [0.29, 0.717) is 18.6 Å². The molecular formula is C5H10N2O2. The Morgan fingerprint density at radius 3 is 2.89 bits per heavy atom. The summed E-state index contributed by atoms with van der Waals surface area (Å²) < 4.78 is 4.39. The molecule has 0 aliphatic heterocycles. The van der Waals surface area contributed by atoms with Gasteiger partial charge in [0, 0.05) is 0 Å². The smallest absolute Gasteiger partial charge is 0.293 e. The summed E-state index contributed by atoms with van der Waals surface area (Å²) >= 11 is 0. The second-order valence-electron chi connectivity index (χ2n) is 1.46. The van der Waals surface area contributed by atoms with Crippen molar-refractivity contribution in [3.05, 3.63) is 0 Å². The average Bonchev–Trinajstić information content (AvgIpc) is 1.91. The number of hydrazone groups is 1. The first-order valence-corrected chi connectivity index (χ1v) is 2.66. The fraction of sp³-hybridized carbons (Fsp3) is 0.600. The Morgan fingerprint density at radius 2 is 2.56 bits per heavy atom. The molecule has 0 aromatic carbocycles. The van der Waals surface area contributed by atoms with E-state index in [9.17, 15) is 4.79 Å². The average molecular weight is 130 g/mol. The predicted molar refractivity (Wildman–Crippen MR) is 33.9 cm³/mol. The van der Waals surface area contributed by atoms with Crippen LogP contribution in [0.4, 0.5) is 0 Å². The van der Waals surface area contributed by atoms with Crippen molar-refractivity contribution >= 4 is 12.2 Å². The summed E-state index contributed by atoms with van der Waals surface area (Å²) in [5, 5.41) is 3.38. The van der Waals surface area contributed by atoms with Gasteiger partial charge in [-0.1, -0.05) is 6.92 Å². The number of carbonyl (C=O) groups is 1. The van der Waals surface area contributed by atoms with E-state index in [1.807, 2.05) is 6.92 Å². The van der Waals surface area contributed by atoms with Gasteiger partial charge >= 0.3 is 0 Å². The second-order valence-corrected chi connectivity index (χ2v) is 1.46. The van der Waals surface area contributed by atoms with Crippen LogP contribution < -0.4 is 5.84 Å². The molecule has 0 aliphatic carbocycles. The Hall–Kier alpha value is -1.06. The molecule has 4 heteroatoms. The Morgan fingerprint density at radius 1 is 1.89 bits per heavy atom. The summed E-state index contributed by atoms with van der Waals surface area (Å²) in [7, 11) is 0. The van der Waals surface area contributed by atoms with Crippen LogP contribution in [0.5, 0.6) is 0 Å². The summed E-state index contributed by atoms with van der Waals surface area (Å²) in [4.78, 5) is 9.62. The minimum atomic E-state index is 0.205. The molecule has 9 heavy (non-hydrogen) atoms. The minimum Gasteiger partial charge on any atom is -0.462 e. The third kappa shape index (κ3) is 3.52. The normalized spacial score (nSPS) is 11.0. The van der Waals surface area contributed by atoms with E-state index in [4.69, 9.17) is 5.84 Å². The number of nitrogens with zero attached hydrogens (tertiary/aromatic N) is 1. The van der Waals surface area contributed by atoms with E-state index in [-0.39, 0.29) is 6.61 Å². The third-order valence-corrected chi connectivity index (χ3v) is 0.909. The van der Waals surface area contributed by atoms with Crippen molar-refractivity contribution in [1.82, 2.24) is 0 Å². The lowest BCUT2D eigenvalue weighted by Crippen LogP contribution is -2.08. The van der Waals surface area contributed by atoms with Crippen LogP contribution in [0, 0.1) is 0 Å². The molecule has 4 nitrogen and oxygen atoms in total. The molecule has 0 spiro atoms. The van der Waals surface area contributed by atoms with Crippen LogP contribution in [0.25, 0.3) is 0 Å². The Kier molecular flexibility index (Phi) is 4.49. The maximum absolute atomic E-state index is 9.62. The van der Waals surface area contributed by atoms with Crippen LogP contribution in [0.3, 0.4) is 0 Å². The monoisotopic (exact) mass is 130 g/mol. The van der Waals surface area contributed by atoms with Crippen LogP contribution in [-0.2, 0) is 9.53 Å². The summed E-state index contributed by atoms with van der Waals surface area (Å²) in [5.74, 6) is 4.92. The molecule has 0 fully saturated rings. The molecular weight excluding hydrogens is 120 g/mol. The van der Waals surface area contributed by atoms with Crippen molar-refractivity contribution in [1.29, 1.82) is 0 Å². The first-order chi connectivity index (χ1) is 4.35. The molecule has 0 atom stereocenters. The highest BCUT2D eigenvalue weighted by molar-refractivity contribution is 5.85. The van der Waals surface area contributed by atoms with Gasteiger partial charge < -0.3 is 10.6 Å². The maximum atomic E-state index is 9.62. The quantitative estimate of drug-likeness (QED) is 0.250. The lowest BCUT2D eigenvalue weighted by Gasteiger charge is -1.97. The Balaban J connectivity index is 3.44. The van der Waals surface area contributed by atoms with Gasteiger partial charge in [-0.3, -0.25) is 4.79 Å². The zero-order valence-electron chi connectivity index (χ0n) is 5.33. The number of hydrogen-bond donors (Lipinski definition) is 1. The highest BCUT2D eigenvalue weighted by Gasteiger charge is 1.92. The summed E-state index contributed by atoms with van der Waals surface area (Å²) in [6.45, 7) is 2.47. The van der Waals surface area contributed by atoms with Gasteiger partial charge in [0.15, 0.2) is 0 Å². The van der Waals surface area contributed by atoms with Gasteiger partial charge in [0.1, 0.15) is 6.61 Å². The SMILES string of the molecule is CCC(COC=O)=NN. The maximum Gasteiger partial charge on any atom is 0.293 e. The van der Waals surface area contributed by atoms with Crippen LogP contribution in [0.1, 0.15) is 13.3 Å². The lowest BCUT2D eigenvalue weighted by molar-refractivity contribution is -0.127. The van der Waals surface area contributed by atoms with E-state index in [1.165, 1.54) is 0 Å². The fourth-order valence-corrected chi connectivity index (χ4v) is 0.361. The van der Waals surface area contributed by atoms with Gasteiger partial charge in [0.05, 0.1) is 5.71 Å². The Labute approximate surface area is 53.7 Å². The number of ether oxygens (including phenoxy) is 1. The van der Waals surface area contributed by atoms with Gasteiger partial charge in [0.2, 0.25) is 0 Å². The molecule has 0 rings (SSSR count). The molecule has 0 aromatic heterocycles. The fourth-order valence-electron chi connectivity index (χ4n) is 0.361. The Bertz CT molecular complexity index is 112. The largest absolute Gasteiger partial charge is 0.462 e. The molecule has 0 saturated carbocycles. The van der Waals surface area contributed by atoms with Crippen molar-refractivity contribution in [2.45, 2.75) is 13.3 Å². The van der Waals surface area contributed by atoms with E-state index >= 15 is 0 Å². The molecule has 2 N–H and O–H groups in total. The highest BCUT2D eigenvalue weighted by atomic mass is 16.5. The first-order valence-electron chi connectivity index (χ1n) is 2.66. The van der Waals surface area contributed by atoms with Crippen molar-refractivity contribution < 1.29 is 9.53 Å². The van der Waals surface area contributed by atoms with Crippen molar-refractivity contribution in [3.63, 3.8) is 0 Å². The zero-order chi connectivity index (χ0) is 7.11. The van der Waals surface area contributed by atoms with E-state index in [0.717, 1.165) is 0 Å². The van der Waals surface area contributed by atoms with Gasteiger partial charge in [-0.25, -0.2) is 0 Å². The standard InChI is InChI=1S/C5H10N2O2/c1-2-5(7-6)3-9-4-8/h4H,2-3,6H2,1H3. The molecule has 52 valence electrons. The minimum absolute atomic E-state index is 0.205. The molecule has 0 unspecified atom stereocenters. The highest BCUT2D eigenvalue weighted by Crippen LogP contribution is 1.82. The lowest BCUT2D eigenvalue weighted by atomic mass is 10.3. The van der Waals surface area contributed by atoms with Crippen LogP contribution in [0.2, 0.25) is 0 Å². The molecule has 0 saturated heterocycles. The van der Waals surface area contributed by atoms with Crippen molar-refractivity contribution in [2.24, 2.45) is 10.9 Å². The predicted octanol–water partition coefficient (Wildman–Crippen LogP) is -0.116. The molecule has 0 aromatic rings. The second kappa shape index (κ2) is 5.08. The molecule has 0 radical (unpaired) electrons. The van der Waals surface area contributed by atoms with Crippen LogP contribution in [-0.4, -0.2) is 18.8 Å². The topological polar surface area (TPSA) is 64.7 Å².